The van der Waals surface area contributed by atoms with Gasteiger partial charge in [0.05, 0.1) is 13.7 Å². The standard InChI is InChI=1S/C5H11N3O3/c1-10-5(9)11-3-2-8-4(6)7/h2-3H2,1H3,(H4,6,7,8). The summed E-state index contributed by atoms with van der Waals surface area (Å²) in [6, 6.07) is 0. The number of nitrogens with two attached hydrogens (primary N) is 1. The summed E-state index contributed by atoms with van der Waals surface area (Å²) in [6.07, 6.45) is -0.740. The lowest BCUT2D eigenvalue weighted by atomic mass is 10.7. The van der Waals surface area contributed by atoms with Gasteiger partial charge in [-0.15, -0.1) is 0 Å². The predicted molar refractivity (Wildman–Crippen MR) is 38.3 cm³/mol. The van der Waals surface area contributed by atoms with Gasteiger partial charge in [-0.05, 0) is 0 Å². The summed E-state index contributed by atoms with van der Waals surface area (Å²) in [5.74, 6) is -0.154. The van der Waals surface area contributed by atoms with Crippen molar-refractivity contribution in [2.45, 2.75) is 0 Å². The van der Waals surface area contributed by atoms with Crippen molar-refractivity contribution in [2.24, 2.45) is 5.73 Å². The summed E-state index contributed by atoms with van der Waals surface area (Å²) in [6.45, 7) is 0.441. The molecule has 0 rings (SSSR count). The molecule has 0 aromatic carbocycles. The van der Waals surface area contributed by atoms with Crippen LogP contribution in [-0.4, -0.2) is 32.4 Å². The molecule has 6 heteroatoms. The molecule has 0 aromatic heterocycles. The van der Waals surface area contributed by atoms with Crippen molar-refractivity contribution in [1.82, 2.24) is 5.32 Å². The Morgan fingerprint density at radius 2 is 2.36 bits per heavy atom. The molecule has 0 saturated carbocycles. The molecule has 11 heavy (non-hydrogen) atoms. The number of hydrogen-bond donors (Lipinski definition) is 3. The molecule has 64 valence electrons. The third-order valence-corrected chi connectivity index (χ3v) is 0.804. The summed E-state index contributed by atoms with van der Waals surface area (Å²) in [7, 11) is 1.22. The highest BCUT2D eigenvalue weighted by atomic mass is 16.7. The Bertz CT molecular complexity index is 148. The molecule has 0 aliphatic carbocycles. The van der Waals surface area contributed by atoms with Gasteiger partial charge in [0.25, 0.3) is 0 Å². The molecule has 0 amide bonds. The molecule has 0 aliphatic heterocycles. The lowest BCUT2D eigenvalue weighted by Crippen LogP contribution is -2.33. The van der Waals surface area contributed by atoms with E-state index in [1.165, 1.54) is 7.11 Å². The van der Waals surface area contributed by atoms with Crippen LogP contribution in [0.25, 0.3) is 0 Å². The van der Waals surface area contributed by atoms with Crippen molar-refractivity contribution in [3.63, 3.8) is 0 Å². The van der Waals surface area contributed by atoms with Crippen LogP contribution in [0.3, 0.4) is 0 Å². The van der Waals surface area contributed by atoms with Crippen LogP contribution in [-0.2, 0) is 9.47 Å². The van der Waals surface area contributed by atoms with E-state index in [-0.39, 0.29) is 12.6 Å². The lowest BCUT2D eigenvalue weighted by molar-refractivity contribution is 0.0743. The highest BCUT2D eigenvalue weighted by molar-refractivity contribution is 5.74. The summed E-state index contributed by atoms with van der Waals surface area (Å²) in [5, 5.41) is 9.17. The van der Waals surface area contributed by atoms with Gasteiger partial charge in [-0.3, -0.25) is 5.41 Å². The summed E-state index contributed by atoms with van der Waals surface area (Å²) in [4.78, 5) is 10.3. The fraction of sp³-hybridized carbons (Fsp3) is 0.600. The van der Waals surface area contributed by atoms with Gasteiger partial charge in [0, 0.05) is 0 Å². The van der Waals surface area contributed by atoms with Crippen molar-refractivity contribution in [3.05, 3.63) is 0 Å². The van der Waals surface area contributed by atoms with E-state index in [1.807, 2.05) is 0 Å². The molecule has 0 unspecified atom stereocenters. The summed E-state index contributed by atoms with van der Waals surface area (Å²) in [5.41, 5.74) is 4.94. The summed E-state index contributed by atoms with van der Waals surface area (Å²) < 4.78 is 8.65. The van der Waals surface area contributed by atoms with Crippen LogP contribution < -0.4 is 11.1 Å². The minimum Gasteiger partial charge on any atom is -0.438 e. The van der Waals surface area contributed by atoms with Crippen LogP contribution in [0.5, 0.6) is 0 Å². The number of methoxy groups -OCH3 is 1. The zero-order chi connectivity index (χ0) is 8.69. The van der Waals surface area contributed by atoms with E-state index in [2.05, 4.69) is 14.8 Å². The molecule has 0 radical (unpaired) electrons. The Labute approximate surface area is 64.2 Å². The zero-order valence-electron chi connectivity index (χ0n) is 6.22. The van der Waals surface area contributed by atoms with E-state index in [9.17, 15) is 4.79 Å². The van der Waals surface area contributed by atoms with Crippen LogP contribution in [0.4, 0.5) is 4.79 Å². The quantitative estimate of drug-likeness (QED) is 0.219. The monoisotopic (exact) mass is 161 g/mol. The molecule has 6 nitrogen and oxygen atoms in total. The van der Waals surface area contributed by atoms with Gasteiger partial charge in [-0.25, -0.2) is 4.79 Å². The van der Waals surface area contributed by atoms with E-state index >= 15 is 0 Å². The van der Waals surface area contributed by atoms with E-state index in [0.717, 1.165) is 0 Å². The second kappa shape index (κ2) is 5.33. The fourth-order valence-corrected chi connectivity index (χ4v) is 0.379. The predicted octanol–water partition coefficient (Wildman–Crippen LogP) is -0.748. The summed E-state index contributed by atoms with van der Waals surface area (Å²) >= 11 is 0. The largest absolute Gasteiger partial charge is 0.508 e. The Morgan fingerprint density at radius 3 is 2.82 bits per heavy atom. The molecule has 0 heterocycles. The molecule has 0 saturated heterocycles. The van der Waals surface area contributed by atoms with E-state index in [0.29, 0.717) is 6.54 Å². The Morgan fingerprint density at radius 1 is 1.73 bits per heavy atom. The van der Waals surface area contributed by atoms with Crippen LogP contribution in [0.1, 0.15) is 0 Å². The third kappa shape index (κ3) is 6.42. The first-order valence-electron chi connectivity index (χ1n) is 2.95. The molecule has 0 atom stereocenters. The van der Waals surface area contributed by atoms with Crippen molar-refractivity contribution >= 4 is 12.1 Å². The molecule has 0 fully saturated rings. The first-order chi connectivity index (χ1) is 5.16. The highest BCUT2D eigenvalue weighted by Crippen LogP contribution is 1.79. The van der Waals surface area contributed by atoms with Crippen LogP contribution in [0.2, 0.25) is 0 Å². The van der Waals surface area contributed by atoms with Crippen molar-refractivity contribution in [1.29, 1.82) is 5.41 Å². The maximum Gasteiger partial charge on any atom is 0.508 e. The van der Waals surface area contributed by atoms with Gasteiger partial charge in [-0.1, -0.05) is 0 Å². The third-order valence-electron chi connectivity index (χ3n) is 0.804. The van der Waals surface area contributed by atoms with Gasteiger partial charge < -0.3 is 20.5 Å². The minimum absolute atomic E-state index is 0.131. The molecule has 0 aromatic rings. The fourth-order valence-electron chi connectivity index (χ4n) is 0.379. The smallest absolute Gasteiger partial charge is 0.438 e. The van der Waals surface area contributed by atoms with Gasteiger partial charge in [0.2, 0.25) is 0 Å². The van der Waals surface area contributed by atoms with Crippen molar-refractivity contribution in [3.8, 4) is 0 Å². The molecular weight excluding hydrogens is 150 g/mol. The van der Waals surface area contributed by atoms with Gasteiger partial charge >= 0.3 is 6.16 Å². The van der Waals surface area contributed by atoms with E-state index in [1.54, 1.807) is 0 Å². The normalized spacial score (nSPS) is 8.45. The van der Waals surface area contributed by atoms with Crippen LogP contribution in [0, 0.1) is 5.41 Å². The Hall–Kier alpha value is -1.46. The first kappa shape index (κ1) is 9.54. The number of ether oxygens (including phenoxy) is 2. The molecule has 4 N–H and O–H groups in total. The lowest BCUT2D eigenvalue weighted by Gasteiger charge is -2.03. The van der Waals surface area contributed by atoms with Gasteiger partial charge in [0.1, 0.15) is 6.61 Å². The van der Waals surface area contributed by atoms with Crippen molar-refractivity contribution in [2.75, 3.05) is 20.3 Å². The number of hydrogen-bond acceptors (Lipinski definition) is 4. The van der Waals surface area contributed by atoms with E-state index < -0.39 is 6.16 Å². The Balaban J connectivity index is 3.14. The van der Waals surface area contributed by atoms with Crippen LogP contribution >= 0.6 is 0 Å². The van der Waals surface area contributed by atoms with Gasteiger partial charge in [0.15, 0.2) is 5.96 Å². The number of carbonyl (C=O) groups excluding carboxylic acids is 1. The molecule has 0 aliphatic rings. The maximum absolute atomic E-state index is 10.3. The average molecular weight is 161 g/mol. The van der Waals surface area contributed by atoms with Crippen LogP contribution in [0.15, 0.2) is 0 Å². The Kier molecular flexibility index (Phi) is 4.63. The topological polar surface area (TPSA) is 97.4 Å². The number of nitrogens with one attached hydrogen (secondary N) is 2. The molecule has 0 spiro atoms. The van der Waals surface area contributed by atoms with E-state index in [4.69, 9.17) is 11.1 Å². The maximum atomic E-state index is 10.3. The molecule has 0 bridgehead atoms. The molecular formula is C5H11N3O3. The zero-order valence-corrected chi connectivity index (χ0v) is 6.22. The number of carbonyl (C=O) groups is 1. The van der Waals surface area contributed by atoms with Crippen molar-refractivity contribution < 1.29 is 14.3 Å². The highest BCUT2D eigenvalue weighted by Gasteiger charge is 1.97. The second-order valence-electron chi connectivity index (χ2n) is 1.64. The average Bonchev–Trinajstić information content (AvgIpc) is 1.97. The number of guanidine groups is 1. The first-order valence-corrected chi connectivity index (χ1v) is 2.95. The van der Waals surface area contributed by atoms with Gasteiger partial charge in [-0.2, -0.15) is 0 Å². The minimum atomic E-state index is -0.740. The number of rotatable bonds is 3. The second-order valence-corrected chi connectivity index (χ2v) is 1.64. The SMILES string of the molecule is COC(=O)OCCNC(=N)N.